The summed E-state index contributed by atoms with van der Waals surface area (Å²) in [6, 6.07) is 19.5. The lowest BCUT2D eigenvalue weighted by atomic mass is 10.2. The van der Waals surface area contributed by atoms with Gasteiger partial charge in [-0.05, 0) is 61.0 Å². The minimum absolute atomic E-state index is 0.0816. The second-order valence-corrected chi connectivity index (χ2v) is 7.95. The molecule has 0 unspecified atom stereocenters. The van der Waals surface area contributed by atoms with Crippen molar-refractivity contribution in [3.63, 3.8) is 0 Å². The van der Waals surface area contributed by atoms with Gasteiger partial charge in [-0.2, -0.15) is 5.10 Å². The van der Waals surface area contributed by atoms with Crippen molar-refractivity contribution >= 4 is 29.6 Å². The summed E-state index contributed by atoms with van der Waals surface area (Å²) < 4.78 is 16.7. The predicted octanol–water partition coefficient (Wildman–Crippen LogP) is 4.60. The number of methoxy groups -OCH3 is 1. The Morgan fingerprint density at radius 2 is 1.78 bits per heavy atom. The van der Waals surface area contributed by atoms with Crippen LogP contribution in [-0.2, 0) is 11.4 Å². The number of nitrogens with one attached hydrogen (secondary N) is 2. The van der Waals surface area contributed by atoms with Crippen molar-refractivity contribution in [3.8, 4) is 17.2 Å². The Bertz CT molecular complexity index is 1200. The third-order valence-corrected chi connectivity index (χ3v) is 5.37. The summed E-state index contributed by atoms with van der Waals surface area (Å²) in [5.74, 6) is 1.20. The SMILES string of the molecule is CCOc1cc(C=NNC(=O)CCNC(=O)c2ccc(OC)cc2)ccc1OCc1ccccc1Cl. The topological polar surface area (TPSA) is 98.2 Å². The van der Waals surface area contributed by atoms with Crippen LogP contribution in [0.15, 0.2) is 71.8 Å². The minimum Gasteiger partial charge on any atom is -0.497 e. The number of halogens is 1. The molecule has 9 heteroatoms. The second kappa shape index (κ2) is 13.7. The van der Waals surface area contributed by atoms with E-state index in [9.17, 15) is 9.59 Å². The van der Waals surface area contributed by atoms with Gasteiger partial charge in [0, 0.05) is 29.1 Å². The van der Waals surface area contributed by atoms with Gasteiger partial charge in [0.25, 0.3) is 5.91 Å². The maximum absolute atomic E-state index is 12.1. The molecule has 0 saturated heterocycles. The molecule has 0 heterocycles. The van der Waals surface area contributed by atoms with E-state index in [0.717, 1.165) is 11.1 Å². The highest BCUT2D eigenvalue weighted by Crippen LogP contribution is 2.29. The molecule has 0 aliphatic heterocycles. The lowest BCUT2D eigenvalue weighted by molar-refractivity contribution is -0.120. The molecular weight excluding hydrogens is 482 g/mol. The summed E-state index contributed by atoms with van der Waals surface area (Å²) >= 11 is 6.20. The molecule has 2 N–H and O–H groups in total. The zero-order valence-corrected chi connectivity index (χ0v) is 20.9. The summed E-state index contributed by atoms with van der Waals surface area (Å²) in [7, 11) is 1.56. The Kier molecular flexibility index (Phi) is 10.1. The zero-order valence-electron chi connectivity index (χ0n) is 20.1. The molecule has 3 aromatic rings. The largest absolute Gasteiger partial charge is 0.497 e. The van der Waals surface area contributed by atoms with Crippen molar-refractivity contribution < 1.29 is 23.8 Å². The molecule has 8 nitrogen and oxygen atoms in total. The van der Waals surface area contributed by atoms with Crippen LogP contribution in [0.5, 0.6) is 17.2 Å². The lowest BCUT2D eigenvalue weighted by Gasteiger charge is -2.13. The van der Waals surface area contributed by atoms with Gasteiger partial charge in [0.05, 0.1) is 19.9 Å². The van der Waals surface area contributed by atoms with E-state index in [2.05, 4.69) is 15.8 Å². The minimum atomic E-state index is -0.328. The maximum Gasteiger partial charge on any atom is 0.251 e. The number of nitrogens with zero attached hydrogens (tertiary/aromatic N) is 1. The highest BCUT2D eigenvalue weighted by atomic mass is 35.5. The van der Waals surface area contributed by atoms with Crippen molar-refractivity contribution in [1.82, 2.24) is 10.7 Å². The van der Waals surface area contributed by atoms with Gasteiger partial charge in [0.15, 0.2) is 11.5 Å². The van der Waals surface area contributed by atoms with E-state index < -0.39 is 0 Å². The Morgan fingerprint density at radius 3 is 2.50 bits per heavy atom. The molecule has 0 saturated carbocycles. The fourth-order valence-electron chi connectivity index (χ4n) is 3.13. The summed E-state index contributed by atoms with van der Waals surface area (Å²) in [5.41, 5.74) is 4.53. The Labute approximate surface area is 215 Å². The van der Waals surface area contributed by atoms with Crippen molar-refractivity contribution in [1.29, 1.82) is 0 Å². The highest BCUT2D eigenvalue weighted by molar-refractivity contribution is 6.31. The molecule has 0 aliphatic rings. The van der Waals surface area contributed by atoms with Gasteiger partial charge in [-0.15, -0.1) is 0 Å². The van der Waals surface area contributed by atoms with E-state index in [-0.39, 0.29) is 24.8 Å². The van der Waals surface area contributed by atoms with E-state index in [4.69, 9.17) is 25.8 Å². The summed E-state index contributed by atoms with van der Waals surface area (Å²) in [5, 5.41) is 7.32. The van der Waals surface area contributed by atoms with Crippen LogP contribution in [0.2, 0.25) is 5.02 Å². The van der Waals surface area contributed by atoms with Crippen LogP contribution in [0, 0.1) is 0 Å². The maximum atomic E-state index is 12.1. The van der Waals surface area contributed by atoms with E-state index in [1.807, 2.05) is 31.2 Å². The quantitative estimate of drug-likeness (QED) is 0.275. The van der Waals surface area contributed by atoms with E-state index in [1.54, 1.807) is 49.6 Å². The smallest absolute Gasteiger partial charge is 0.251 e. The number of ether oxygens (including phenoxy) is 3. The van der Waals surface area contributed by atoms with Crippen LogP contribution in [0.3, 0.4) is 0 Å². The van der Waals surface area contributed by atoms with Gasteiger partial charge in [0.2, 0.25) is 5.91 Å². The van der Waals surface area contributed by atoms with Crippen molar-refractivity contribution in [2.24, 2.45) is 5.10 Å². The molecule has 3 aromatic carbocycles. The molecular formula is C27H28ClN3O5. The summed E-state index contributed by atoms with van der Waals surface area (Å²) in [4.78, 5) is 24.2. The molecule has 2 amide bonds. The number of amides is 2. The average Bonchev–Trinajstić information content (AvgIpc) is 2.89. The van der Waals surface area contributed by atoms with E-state index in [0.29, 0.717) is 41.0 Å². The number of hydrogen-bond acceptors (Lipinski definition) is 6. The first-order valence-corrected chi connectivity index (χ1v) is 11.7. The van der Waals surface area contributed by atoms with Crippen LogP contribution >= 0.6 is 11.6 Å². The molecule has 0 spiro atoms. The number of rotatable bonds is 12. The van der Waals surface area contributed by atoms with Crippen LogP contribution in [0.25, 0.3) is 0 Å². The second-order valence-electron chi connectivity index (χ2n) is 7.55. The number of hydrogen-bond donors (Lipinski definition) is 2. The standard InChI is InChI=1S/C27H28ClN3O5/c1-3-35-25-16-19(8-13-24(25)36-18-21-6-4-5-7-23(21)28)17-30-31-26(32)14-15-29-27(33)20-9-11-22(34-2)12-10-20/h4-13,16-17H,3,14-15,18H2,1-2H3,(H,29,33)(H,31,32). The lowest BCUT2D eigenvalue weighted by Crippen LogP contribution is -2.29. The first kappa shape index (κ1) is 26.6. The predicted molar refractivity (Wildman–Crippen MR) is 139 cm³/mol. The molecule has 0 aromatic heterocycles. The number of benzene rings is 3. The van der Waals surface area contributed by atoms with E-state index >= 15 is 0 Å². The normalized spacial score (nSPS) is 10.6. The Balaban J connectivity index is 1.48. The molecule has 0 radical (unpaired) electrons. The fraction of sp³-hybridized carbons (Fsp3) is 0.222. The van der Waals surface area contributed by atoms with Gasteiger partial charge < -0.3 is 19.5 Å². The molecule has 36 heavy (non-hydrogen) atoms. The number of carbonyl (C=O) groups excluding carboxylic acids is 2. The van der Waals surface area contributed by atoms with Crippen molar-refractivity contribution in [3.05, 3.63) is 88.4 Å². The monoisotopic (exact) mass is 509 g/mol. The van der Waals surface area contributed by atoms with E-state index in [1.165, 1.54) is 6.21 Å². The van der Waals surface area contributed by atoms with Gasteiger partial charge in [-0.3, -0.25) is 9.59 Å². The molecule has 0 bridgehead atoms. The summed E-state index contributed by atoms with van der Waals surface area (Å²) in [6.07, 6.45) is 1.59. The molecule has 0 fully saturated rings. The van der Waals surface area contributed by atoms with Crippen molar-refractivity contribution in [2.45, 2.75) is 20.0 Å². The Hall–Kier alpha value is -4.04. The van der Waals surface area contributed by atoms with Gasteiger partial charge in [0.1, 0.15) is 12.4 Å². The van der Waals surface area contributed by atoms with Gasteiger partial charge >= 0.3 is 0 Å². The summed E-state index contributed by atoms with van der Waals surface area (Å²) in [6.45, 7) is 2.82. The van der Waals surface area contributed by atoms with Crippen LogP contribution in [-0.4, -0.2) is 38.3 Å². The van der Waals surface area contributed by atoms with Gasteiger partial charge in [-0.1, -0.05) is 29.8 Å². The molecule has 3 rings (SSSR count). The highest BCUT2D eigenvalue weighted by Gasteiger charge is 2.09. The first-order valence-electron chi connectivity index (χ1n) is 11.4. The van der Waals surface area contributed by atoms with Crippen LogP contribution in [0.4, 0.5) is 0 Å². The third kappa shape index (κ3) is 8.02. The fourth-order valence-corrected chi connectivity index (χ4v) is 3.32. The molecule has 0 aliphatic carbocycles. The van der Waals surface area contributed by atoms with Crippen LogP contribution in [0.1, 0.15) is 34.8 Å². The van der Waals surface area contributed by atoms with Crippen LogP contribution < -0.4 is 25.0 Å². The first-order chi connectivity index (χ1) is 17.5. The average molecular weight is 510 g/mol. The Morgan fingerprint density at radius 1 is 1.00 bits per heavy atom. The third-order valence-electron chi connectivity index (χ3n) is 5.00. The number of carbonyl (C=O) groups is 2. The van der Waals surface area contributed by atoms with Crippen molar-refractivity contribution in [2.75, 3.05) is 20.3 Å². The van der Waals surface area contributed by atoms with Gasteiger partial charge in [-0.25, -0.2) is 5.43 Å². The molecule has 0 atom stereocenters. The zero-order chi connectivity index (χ0) is 25.8. The number of hydrazone groups is 1. The molecule has 188 valence electrons.